The summed E-state index contributed by atoms with van der Waals surface area (Å²) in [6.45, 7) is 2.20. The number of nitrogens with two attached hydrogens (primary N) is 1. The molecule has 2 N–H and O–H groups in total. The quantitative estimate of drug-likeness (QED) is 0.824. The van der Waals surface area contributed by atoms with E-state index in [1.54, 1.807) is 11.8 Å². The van der Waals surface area contributed by atoms with Gasteiger partial charge in [0.1, 0.15) is 0 Å². The molecular weight excluding hydrogens is 254 g/mol. The molecule has 0 bridgehead atoms. The van der Waals surface area contributed by atoms with Gasteiger partial charge in [0, 0.05) is 29.9 Å². The van der Waals surface area contributed by atoms with Crippen LogP contribution in [-0.2, 0) is 13.5 Å². The molecule has 3 nitrogen and oxygen atoms in total. The zero-order chi connectivity index (χ0) is 13.7. The molecule has 0 fully saturated rings. The summed E-state index contributed by atoms with van der Waals surface area (Å²) in [5.74, 6) is 0.874. The molecule has 2 rings (SSSR count). The normalized spacial score (nSPS) is 12.6. The first kappa shape index (κ1) is 14.2. The fourth-order valence-electron chi connectivity index (χ4n) is 1.98. The first-order valence-electron chi connectivity index (χ1n) is 6.65. The molecule has 0 saturated heterocycles. The Labute approximate surface area is 119 Å². The topological polar surface area (TPSA) is 43.8 Å². The minimum Gasteiger partial charge on any atom is -0.323 e. The highest BCUT2D eigenvalue weighted by molar-refractivity contribution is 7.99. The van der Waals surface area contributed by atoms with E-state index in [0.717, 1.165) is 12.2 Å². The Hall–Kier alpha value is -1.26. The minimum absolute atomic E-state index is 0.0703. The lowest BCUT2D eigenvalue weighted by atomic mass is 10.0. The summed E-state index contributed by atoms with van der Waals surface area (Å²) in [7, 11) is 1.93. The Morgan fingerprint density at radius 2 is 2.05 bits per heavy atom. The molecule has 2 aromatic rings. The smallest absolute Gasteiger partial charge is 0.0625 e. The lowest BCUT2D eigenvalue weighted by Crippen LogP contribution is -2.12. The van der Waals surface area contributed by atoms with Crippen molar-refractivity contribution in [3.63, 3.8) is 0 Å². The monoisotopic (exact) mass is 275 g/mol. The summed E-state index contributed by atoms with van der Waals surface area (Å²) in [5.41, 5.74) is 8.82. The molecule has 0 aliphatic carbocycles. The van der Waals surface area contributed by atoms with Crippen molar-refractivity contribution in [2.24, 2.45) is 12.8 Å². The van der Waals surface area contributed by atoms with E-state index in [4.69, 9.17) is 5.73 Å². The van der Waals surface area contributed by atoms with Crippen molar-refractivity contribution in [1.29, 1.82) is 0 Å². The molecule has 1 atom stereocenters. The van der Waals surface area contributed by atoms with E-state index in [9.17, 15) is 0 Å². The highest BCUT2D eigenvalue weighted by Crippen LogP contribution is 2.23. The number of rotatable bonds is 6. The molecule has 19 heavy (non-hydrogen) atoms. The van der Waals surface area contributed by atoms with Crippen LogP contribution in [0.4, 0.5) is 0 Å². The zero-order valence-electron chi connectivity index (χ0n) is 11.5. The van der Waals surface area contributed by atoms with Crippen molar-refractivity contribution < 1.29 is 0 Å². The second-order valence-electron chi connectivity index (χ2n) is 4.76. The maximum atomic E-state index is 6.23. The van der Waals surface area contributed by atoms with Gasteiger partial charge in [0.2, 0.25) is 0 Å². The fourth-order valence-corrected chi connectivity index (χ4v) is 2.89. The van der Waals surface area contributed by atoms with Gasteiger partial charge in [-0.25, -0.2) is 0 Å². The second-order valence-corrected chi connectivity index (χ2v) is 5.85. The van der Waals surface area contributed by atoms with E-state index in [-0.39, 0.29) is 6.04 Å². The summed E-state index contributed by atoms with van der Waals surface area (Å²) >= 11 is 1.75. The Morgan fingerprint density at radius 3 is 2.63 bits per heavy atom. The molecule has 0 aliphatic heterocycles. The molecular formula is C15H21N3S. The van der Waals surface area contributed by atoms with Gasteiger partial charge < -0.3 is 5.73 Å². The fraction of sp³-hybridized carbons (Fsp3) is 0.400. The van der Waals surface area contributed by atoms with E-state index >= 15 is 0 Å². The lowest BCUT2D eigenvalue weighted by molar-refractivity contribution is 0.766. The van der Waals surface area contributed by atoms with E-state index in [1.165, 1.54) is 22.4 Å². The largest absolute Gasteiger partial charge is 0.323 e. The molecule has 1 unspecified atom stereocenters. The van der Waals surface area contributed by atoms with Crippen molar-refractivity contribution in [2.75, 3.05) is 5.75 Å². The third-order valence-corrected chi connectivity index (χ3v) is 4.13. The van der Waals surface area contributed by atoms with Crippen LogP contribution in [-0.4, -0.2) is 15.5 Å². The van der Waals surface area contributed by atoms with Crippen molar-refractivity contribution >= 4 is 11.8 Å². The number of hydrogen-bond donors (Lipinski definition) is 1. The summed E-state index contributed by atoms with van der Waals surface area (Å²) in [4.78, 5) is 1.17. The molecule has 0 spiro atoms. The molecule has 0 amide bonds. The van der Waals surface area contributed by atoms with Gasteiger partial charge in [-0.15, -0.1) is 11.8 Å². The van der Waals surface area contributed by atoms with Gasteiger partial charge in [-0.05, 0) is 17.5 Å². The van der Waals surface area contributed by atoms with Gasteiger partial charge in [0.15, 0.2) is 0 Å². The van der Waals surface area contributed by atoms with E-state index in [2.05, 4.69) is 36.3 Å². The van der Waals surface area contributed by atoms with Crippen molar-refractivity contribution in [1.82, 2.24) is 9.78 Å². The van der Waals surface area contributed by atoms with Crippen LogP contribution in [0.2, 0.25) is 0 Å². The van der Waals surface area contributed by atoms with E-state index in [0.29, 0.717) is 0 Å². The summed E-state index contributed by atoms with van der Waals surface area (Å²) in [6, 6.07) is 8.75. The SMILES string of the molecule is CCCc1ccc(C(N)CSc2cnn(C)c2)cc1. The van der Waals surface area contributed by atoms with Crippen LogP contribution in [0.1, 0.15) is 30.5 Å². The van der Waals surface area contributed by atoms with Crippen LogP contribution in [0.15, 0.2) is 41.6 Å². The van der Waals surface area contributed by atoms with Gasteiger partial charge in [-0.3, -0.25) is 4.68 Å². The first-order valence-corrected chi connectivity index (χ1v) is 7.63. The number of hydrogen-bond acceptors (Lipinski definition) is 3. The summed E-state index contributed by atoms with van der Waals surface area (Å²) in [5, 5.41) is 4.15. The van der Waals surface area contributed by atoms with Gasteiger partial charge in [0.05, 0.1) is 6.20 Å². The van der Waals surface area contributed by atoms with Gasteiger partial charge >= 0.3 is 0 Å². The molecule has 0 radical (unpaired) electrons. The Morgan fingerprint density at radius 1 is 1.32 bits per heavy atom. The van der Waals surface area contributed by atoms with Crippen molar-refractivity contribution in [2.45, 2.75) is 30.7 Å². The lowest BCUT2D eigenvalue weighted by Gasteiger charge is -2.11. The Balaban J connectivity index is 1.90. The van der Waals surface area contributed by atoms with E-state index < -0.39 is 0 Å². The molecule has 1 heterocycles. The predicted molar refractivity (Wildman–Crippen MR) is 81.3 cm³/mol. The average molecular weight is 275 g/mol. The maximum absolute atomic E-state index is 6.23. The van der Waals surface area contributed by atoms with Gasteiger partial charge in [-0.1, -0.05) is 37.6 Å². The number of thioether (sulfide) groups is 1. The number of aromatic nitrogens is 2. The van der Waals surface area contributed by atoms with Crippen LogP contribution in [0.3, 0.4) is 0 Å². The molecule has 1 aromatic carbocycles. The van der Waals surface area contributed by atoms with Crippen molar-refractivity contribution in [3.8, 4) is 0 Å². The van der Waals surface area contributed by atoms with Crippen LogP contribution < -0.4 is 5.73 Å². The molecule has 0 saturated carbocycles. The average Bonchev–Trinajstić information content (AvgIpc) is 2.83. The second kappa shape index (κ2) is 6.78. The maximum Gasteiger partial charge on any atom is 0.0625 e. The Kier molecular flexibility index (Phi) is 5.05. The molecule has 0 aliphatic rings. The predicted octanol–water partition coefficient (Wildman–Crippen LogP) is 3.16. The Bertz CT molecular complexity index is 504. The summed E-state index contributed by atoms with van der Waals surface area (Å²) < 4.78 is 1.81. The standard InChI is InChI=1S/C15H21N3S/c1-3-4-12-5-7-13(8-6-12)15(16)11-19-14-9-17-18(2)10-14/h5-10,15H,3-4,11,16H2,1-2H3. The third-order valence-electron chi connectivity index (χ3n) is 3.06. The van der Waals surface area contributed by atoms with Crippen LogP contribution in [0.5, 0.6) is 0 Å². The number of nitrogens with zero attached hydrogens (tertiary/aromatic N) is 2. The van der Waals surface area contributed by atoms with E-state index in [1.807, 2.05) is 24.1 Å². The van der Waals surface area contributed by atoms with Crippen LogP contribution in [0.25, 0.3) is 0 Å². The van der Waals surface area contributed by atoms with Crippen molar-refractivity contribution in [3.05, 3.63) is 47.8 Å². The van der Waals surface area contributed by atoms with Gasteiger partial charge in [0.25, 0.3) is 0 Å². The number of aryl methyl sites for hydroxylation is 2. The molecule has 4 heteroatoms. The highest BCUT2D eigenvalue weighted by Gasteiger charge is 2.07. The summed E-state index contributed by atoms with van der Waals surface area (Å²) in [6.07, 6.45) is 6.21. The van der Waals surface area contributed by atoms with Crippen LogP contribution in [0, 0.1) is 0 Å². The first-order chi connectivity index (χ1) is 9.19. The molecule has 1 aromatic heterocycles. The van der Waals surface area contributed by atoms with Gasteiger partial charge in [-0.2, -0.15) is 5.10 Å². The highest BCUT2D eigenvalue weighted by atomic mass is 32.2. The molecule has 102 valence electrons. The van der Waals surface area contributed by atoms with Crippen LogP contribution >= 0.6 is 11.8 Å². The minimum atomic E-state index is 0.0703. The number of benzene rings is 1. The third kappa shape index (κ3) is 4.11. The zero-order valence-corrected chi connectivity index (χ0v) is 12.4.